The lowest BCUT2D eigenvalue weighted by molar-refractivity contribution is -0.139. The fraction of sp³-hybridized carbons (Fsp3) is 0.524. The summed E-state index contributed by atoms with van der Waals surface area (Å²) in [6.45, 7) is 3.62. The fourth-order valence-corrected chi connectivity index (χ4v) is 4.39. The van der Waals surface area contributed by atoms with Gasteiger partial charge in [0.1, 0.15) is 0 Å². The first-order chi connectivity index (χ1) is 12.8. The van der Waals surface area contributed by atoms with E-state index in [0.717, 1.165) is 51.9 Å². The average molecular weight is 352 g/mol. The first-order valence-corrected chi connectivity index (χ1v) is 9.87. The Kier molecular flexibility index (Phi) is 5.34. The third-order valence-corrected chi connectivity index (χ3v) is 5.90. The zero-order valence-corrected chi connectivity index (χ0v) is 15.3. The SMILES string of the molecule is O=C(C1CCCCN1Cc1ccccc1)N1CCC(c2ccn[nH]2)CC1. The standard InChI is InChI=1S/C21H28N4O/c26-21(24-14-10-18(11-15-24)19-9-12-22-23-19)20-8-4-5-13-25(20)16-17-6-2-1-3-7-17/h1-3,6-7,9,12,18,20H,4-5,8,10-11,13-16H2,(H,22,23). The van der Waals surface area contributed by atoms with Crippen LogP contribution in [0.25, 0.3) is 0 Å². The summed E-state index contributed by atoms with van der Waals surface area (Å²) < 4.78 is 0. The molecule has 2 saturated heterocycles. The topological polar surface area (TPSA) is 52.2 Å². The summed E-state index contributed by atoms with van der Waals surface area (Å²) in [5.74, 6) is 0.844. The maximum Gasteiger partial charge on any atom is 0.239 e. The number of hydrogen-bond acceptors (Lipinski definition) is 3. The second kappa shape index (κ2) is 8.04. The van der Waals surface area contributed by atoms with Gasteiger partial charge < -0.3 is 4.90 Å². The van der Waals surface area contributed by atoms with Crippen molar-refractivity contribution in [3.05, 3.63) is 53.9 Å². The number of aromatic nitrogens is 2. The van der Waals surface area contributed by atoms with E-state index in [1.54, 1.807) is 0 Å². The van der Waals surface area contributed by atoms with Crippen molar-refractivity contribution in [2.75, 3.05) is 19.6 Å². The van der Waals surface area contributed by atoms with E-state index < -0.39 is 0 Å². The Labute approximate surface area is 155 Å². The van der Waals surface area contributed by atoms with Crippen molar-refractivity contribution >= 4 is 5.91 Å². The molecule has 1 aromatic carbocycles. The molecule has 2 aliphatic rings. The van der Waals surface area contributed by atoms with Gasteiger partial charge in [-0.2, -0.15) is 5.10 Å². The molecule has 1 N–H and O–H groups in total. The van der Waals surface area contributed by atoms with Crippen LogP contribution in [0.1, 0.15) is 49.3 Å². The lowest BCUT2D eigenvalue weighted by Crippen LogP contribution is -2.52. The Bertz CT molecular complexity index is 692. The number of nitrogens with zero attached hydrogens (tertiary/aromatic N) is 3. The van der Waals surface area contributed by atoms with Gasteiger partial charge in [0.2, 0.25) is 5.91 Å². The minimum atomic E-state index is 0.0488. The minimum absolute atomic E-state index is 0.0488. The zero-order valence-electron chi connectivity index (χ0n) is 15.3. The Morgan fingerprint density at radius 2 is 1.85 bits per heavy atom. The molecule has 5 heteroatoms. The molecular formula is C21H28N4O. The summed E-state index contributed by atoms with van der Waals surface area (Å²) in [6, 6.07) is 12.6. The van der Waals surface area contributed by atoms with E-state index in [0.29, 0.717) is 11.8 Å². The molecule has 3 heterocycles. The van der Waals surface area contributed by atoms with Crippen LogP contribution in [-0.2, 0) is 11.3 Å². The summed E-state index contributed by atoms with van der Waals surface area (Å²) in [5, 5.41) is 7.15. The van der Waals surface area contributed by atoms with Crippen LogP contribution in [0.2, 0.25) is 0 Å². The second-order valence-electron chi connectivity index (χ2n) is 7.58. The highest BCUT2D eigenvalue weighted by molar-refractivity contribution is 5.82. The first-order valence-electron chi connectivity index (χ1n) is 9.87. The van der Waals surface area contributed by atoms with Gasteiger partial charge in [-0.05, 0) is 43.9 Å². The van der Waals surface area contributed by atoms with Gasteiger partial charge in [-0.3, -0.25) is 14.8 Å². The number of carbonyl (C=O) groups excluding carboxylic acids is 1. The van der Waals surface area contributed by atoms with E-state index >= 15 is 0 Å². The highest BCUT2D eigenvalue weighted by atomic mass is 16.2. The van der Waals surface area contributed by atoms with Crippen LogP contribution < -0.4 is 0 Å². The molecule has 1 amide bonds. The highest BCUT2D eigenvalue weighted by Crippen LogP contribution is 2.28. The Morgan fingerprint density at radius 3 is 2.58 bits per heavy atom. The van der Waals surface area contributed by atoms with Crippen molar-refractivity contribution in [2.45, 2.75) is 50.6 Å². The van der Waals surface area contributed by atoms with Crippen molar-refractivity contribution in [1.82, 2.24) is 20.0 Å². The van der Waals surface area contributed by atoms with E-state index in [2.05, 4.69) is 50.3 Å². The summed E-state index contributed by atoms with van der Waals surface area (Å²) >= 11 is 0. The number of likely N-dealkylation sites (tertiary alicyclic amines) is 2. The Morgan fingerprint density at radius 1 is 1.04 bits per heavy atom. The van der Waals surface area contributed by atoms with Gasteiger partial charge in [0.25, 0.3) is 0 Å². The van der Waals surface area contributed by atoms with Crippen LogP contribution in [0.4, 0.5) is 0 Å². The Hall–Kier alpha value is -2.14. The normalized spacial score (nSPS) is 22.5. The predicted octanol–water partition coefficient (Wildman–Crippen LogP) is 3.17. The van der Waals surface area contributed by atoms with Gasteiger partial charge in [0.15, 0.2) is 0 Å². The third kappa shape index (κ3) is 3.83. The number of nitrogens with one attached hydrogen (secondary N) is 1. The molecule has 1 unspecified atom stereocenters. The van der Waals surface area contributed by atoms with Gasteiger partial charge in [0.05, 0.1) is 6.04 Å². The maximum atomic E-state index is 13.2. The number of piperidine rings is 2. The lowest BCUT2D eigenvalue weighted by Gasteiger charge is -2.40. The molecule has 1 aromatic heterocycles. The van der Waals surface area contributed by atoms with Crippen molar-refractivity contribution < 1.29 is 4.79 Å². The number of carbonyl (C=O) groups is 1. The number of amides is 1. The average Bonchev–Trinajstić information content (AvgIpc) is 3.24. The molecule has 0 spiro atoms. The van der Waals surface area contributed by atoms with Gasteiger partial charge in [-0.15, -0.1) is 0 Å². The maximum absolute atomic E-state index is 13.2. The monoisotopic (exact) mass is 352 g/mol. The molecule has 5 nitrogen and oxygen atoms in total. The van der Waals surface area contributed by atoms with Gasteiger partial charge >= 0.3 is 0 Å². The number of H-pyrrole nitrogens is 1. The summed E-state index contributed by atoms with van der Waals surface area (Å²) in [6.07, 6.45) is 7.21. The molecule has 2 aromatic rings. The molecule has 2 fully saturated rings. The molecule has 4 rings (SSSR count). The van der Waals surface area contributed by atoms with Crippen LogP contribution in [0.15, 0.2) is 42.6 Å². The largest absolute Gasteiger partial charge is 0.341 e. The summed E-state index contributed by atoms with van der Waals surface area (Å²) in [5.41, 5.74) is 2.51. The second-order valence-corrected chi connectivity index (χ2v) is 7.58. The van der Waals surface area contributed by atoms with E-state index in [1.165, 1.54) is 17.7 Å². The number of hydrogen-bond donors (Lipinski definition) is 1. The van der Waals surface area contributed by atoms with Gasteiger partial charge in [-0.25, -0.2) is 0 Å². The summed E-state index contributed by atoms with van der Waals surface area (Å²) in [7, 11) is 0. The van der Waals surface area contributed by atoms with E-state index in [-0.39, 0.29) is 6.04 Å². The van der Waals surface area contributed by atoms with Crippen molar-refractivity contribution in [1.29, 1.82) is 0 Å². The molecule has 26 heavy (non-hydrogen) atoms. The number of aromatic amines is 1. The van der Waals surface area contributed by atoms with Crippen LogP contribution in [0, 0.1) is 0 Å². The van der Waals surface area contributed by atoms with Gasteiger partial charge in [-0.1, -0.05) is 36.8 Å². The zero-order chi connectivity index (χ0) is 17.8. The molecule has 0 bridgehead atoms. The smallest absolute Gasteiger partial charge is 0.239 e. The summed E-state index contributed by atoms with van der Waals surface area (Å²) in [4.78, 5) is 17.7. The third-order valence-electron chi connectivity index (χ3n) is 5.90. The molecule has 138 valence electrons. The van der Waals surface area contributed by atoms with Crippen LogP contribution in [-0.4, -0.2) is 51.6 Å². The number of rotatable bonds is 4. The van der Waals surface area contributed by atoms with E-state index in [1.807, 2.05) is 12.3 Å². The first kappa shape index (κ1) is 17.3. The quantitative estimate of drug-likeness (QED) is 0.919. The van der Waals surface area contributed by atoms with Crippen LogP contribution in [0.3, 0.4) is 0 Å². The molecular weight excluding hydrogens is 324 g/mol. The van der Waals surface area contributed by atoms with Crippen molar-refractivity contribution in [3.8, 4) is 0 Å². The van der Waals surface area contributed by atoms with Crippen LogP contribution >= 0.6 is 0 Å². The predicted molar refractivity (Wildman–Crippen MR) is 102 cm³/mol. The molecule has 0 saturated carbocycles. The lowest BCUT2D eigenvalue weighted by atomic mass is 9.92. The fourth-order valence-electron chi connectivity index (χ4n) is 4.39. The van der Waals surface area contributed by atoms with Crippen molar-refractivity contribution in [3.63, 3.8) is 0 Å². The minimum Gasteiger partial charge on any atom is -0.341 e. The van der Waals surface area contributed by atoms with Gasteiger partial charge in [0, 0.05) is 37.4 Å². The Balaban J connectivity index is 1.38. The number of benzene rings is 1. The van der Waals surface area contributed by atoms with Crippen molar-refractivity contribution in [2.24, 2.45) is 0 Å². The van der Waals surface area contributed by atoms with E-state index in [9.17, 15) is 4.79 Å². The van der Waals surface area contributed by atoms with Crippen LogP contribution in [0.5, 0.6) is 0 Å². The molecule has 0 radical (unpaired) electrons. The molecule has 2 aliphatic heterocycles. The molecule has 0 aliphatic carbocycles. The molecule has 1 atom stereocenters. The van der Waals surface area contributed by atoms with E-state index in [4.69, 9.17) is 0 Å². The highest BCUT2D eigenvalue weighted by Gasteiger charge is 2.34.